The predicted octanol–water partition coefficient (Wildman–Crippen LogP) is 1.02. The topological polar surface area (TPSA) is 103 Å². The summed E-state index contributed by atoms with van der Waals surface area (Å²) in [5, 5.41) is 6.78. The zero-order valence-corrected chi connectivity index (χ0v) is 9.19. The van der Waals surface area contributed by atoms with Crippen LogP contribution in [0.3, 0.4) is 0 Å². The van der Waals surface area contributed by atoms with Gasteiger partial charge >= 0.3 is 0 Å². The average molecular weight is 241 g/mol. The van der Waals surface area contributed by atoms with Crippen molar-refractivity contribution in [2.75, 3.05) is 11.1 Å². The number of nitrogens with zero attached hydrogens (tertiary/aromatic N) is 4. The van der Waals surface area contributed by atoms with Gasteiger partial charge in [-0.15, -0.1) is 0 Å². The van der Waals surface area contributed by atoms with Crippen LogP contribution in [0.2, 0.25) is 5.28 Å². The van der Waals surface area contributed by atoms with Crippen LogP contribution >= 0.6 is 11.6 Å². The first-order valence-corrected chi connectivity index (χ1v) is 4.84. The Balaban J connectivity index is 2.07. The fraction of sp³-hybridized carbons (Fsp3) is 0.250. The van der Waals surface area contributed by atoms with Crippen LogP contribution in [0.1, 0.15) is 11.7 Å². The van der Waals surface area contributed by atoms with E-state index in [1.165, 1.54) is 6.20 Å². The first-order valence-electron chi connectivity index (χ1n) is 4.46. The number of rotatable bonds is 3. The van der Waals surface area contributed by atoms with E-state index in [-0.39, 0.29) is 5.28 Å². The molecule has 2 aromatic heterocycles. The maximum atomic E-state index is 5.65. The molecule has 0 amide bonds. The second kappa shape index (κ2) is 4.31. The molecule has 0 aliphatic rings. The number of hydrogen-bond donors (Lipinski definition) is 2. The van der Waals surface area contributed by atoms with Crippen molar-refractivity contribution in [1.82, 2.24) is 20.1 Å². The summed E-state index contributed by atoms with van der Waals surface area (Å²) in [6.07, 6.45) is 1.43. The standard InChI is InChI=1S/C8H9ClN6O/c1-4-13-6(15-16-4)3-11-7-5(10)2-12-8(9)14-7/h2H,3,10H2,1H3,(H,11,12,14). The molecule has 84 valence electrons. The van der Waals surface area contributed by atoms with Crippen molar-refractivity contribution in [2.24, 2.45) is 0 Å². The molecule has 3 N–H and O–H groups in total. The third-order valence-corrected chi connectivity index (χ3v) is 1.95. The number of nitrogens with one attached hydrogen (secondary N) is 1. The lowest BCUT2D eigenvalue weighted by atomic mass is 10.4. The summed E-state index contributed by atoms with van der Waals surface area (Å²) in [6.45, 7) is 2.07. The number of nitrogen functional groups attached to an aromatic ring is 1. The van der Waals surface area contributed by atoms with E-state index in [9.17, 15) is 0 Å². The van der Waals surface area contributed by atoms with E-state index in [2.05, 4.69) is 25.4 Å². The average Bonchev–Trinajstić information content (AvgIpc) is 2.66. The van der Waals surface area contributed by atoms with Crippen LogP contribution in [0.5, 0.6) is 0 Å². The Hall–Kier alpha value is -1.89. The molecule has 0 unspecified atom stereocenters. The molecule has 0 aromatic carbocycles. The van der Waals surface area contributed by atoms with Crippen molar-refractivity contribution in [3.05, 3.63) is 23.2 Å². The number of aryl methyl sites for hydroxylation is 1. The highest BCUT2D eigenvalue weighted by Crippen LogP contribution is 2.16. The second-order valence-electron chi connectivity index (χ2n) is 3.03. The van der Waals surface area contributed by atoms with Gasteiger partial charge in [-0.3, -0.25) is 0 Å². The molecule has 0 atom stereocenters. The molecule has 2 rings (SSSR count). The Morgan fingerprint density at radius 2 is 2.31 bits per heavy atom. The molecule has 7 nitrogen and oxygen atoms in total. The Bertz CT molecular complexity index is 499. The highest BCUT2D eigenvalue weighted by Gasteiger charge is 2.05. The highest BCUT2D eigenvalue weighted by molar-refractivity contribution is 6.28. The van der Waals surface area contributed by atoms with Gasteiger partial charge in [-0.1, -0.05) is 5.16 Å². The first-order chi connectivity index (χ1) is 7.65. The molecule has 16 heavy (non-hydrogen) atoms. The normalized spacial score (nSPS) is 10.4. The molecular weight excluding hydrogens is 232 g/mol. The van der Waals surface area contributed by atoms with E-state index in [0.29, 0.717) is 29.8 Å². The van der Waals surface area contributed by atoms with Crippen LogP contribution in [0, 0.1) is 6.92 Å². The lowest BCUT2D eigenvalue weighted by Gasteiger charge is -2.05. The van der Waals surface area contributed by atoms with E-state index >= 15 is 0 Å². The van der Waals surface area contributed by atoms with Crippen molar-refractivity contribution >= 4 is 23.1 Å². The molecule has 2 aromatic rings. The predicted molar refractivity (Wildman–Crippen MR) is 57.8 cm³/mol. The summed E-state index contributed by atoms with van der Waals surface area (Å²) in [5.41, 5.74) is 6.06. The van der Waals surface area contributed by atoms with Crippen LogP contribution in [0.25, 0.3) is 0 Å². The van der Waals surface area contributed by atoms with Gasteiger partial charge in [0.25, 0.3) is 0 Å². The number of anilines is 2. The van der Waals surface area contributed by atoms with Crippen LogP contribution in [-0.2, 0) is 6.54 Å². The zero-order chi connectivity index (χ0) is 11.5. The smallest absolute Gasteiger partial charge is 0.224 e. The maximum Gasteiger partial charge on any atom is 0.224 e. The fourth-order valence-electron chi connectivity index (χ4n) is 1.09. The summed E-state index contributed by atoms with van der Waals surface area (Å²) in [7, 11) is 0. The number of halogens is 1. The minimum Gasteiger partial charge on any atom is -0.394 e. The van der Waals surface area contributed by atoms with Crippen molar-refractivity contribution in [3.8, 4) is 0 Å². The van der Waals surface area contributed by atoms with Gasteiger partial charge in [0.05, 0.1) is 18.4 Å². The molecule has 0 spiro atoms. The van der Waals surface area contributed by atoms with Crippen molar-refractivity contribution < 1.29 is 4.52 Å². The second-order valence-corrected chi connectivity index (χ2v) is 3.36. The SMILES string of the molecule is Cc1nc(CNc2nc(Cl)ncc2N)no1. The van der Waals surface area contributed by atoms with Gasteiger partial charge in [-0.2, -0.15) is 9.97 Å². The van der Waals surface area contributed by atoms with Crippen LogP contribution < -0.4 is 11.1 Å². The summed E-state index contributed by atoms with van der Waals surface area (Å²) < 4.78 is 4.82. The molecule has 0 fully saturated rings. The van der Waals surface area contributed by atoms with Crippen LogP contribution in [-0.4, -0.2) is 20.1 Å². The number of aromatic nitrogens is 4. The lowest BCUT2D eigenvalue weighted by Crippen LogP contribution is -2.06. The minimum atomic E-state index is 0.126. The maximum absolute atomic E-state index is 5.65. The van der Waals surface area contributed by atoms with Crippen LogP contribution in [0.15, 0.2) is 10.7 Å². The van der Waals surface area contributed by atoms with Gasteiger partial charge in [0.15, 0.2) is 11.6 Å². The molecule has 0 aliphatic heterocycles. The molecule has 0 radical (unpaired) electrons. The van der Waals surface area contributed by atoms with E-state index < -0.39 is 0 Å². The van der Waals surface area contributed by atoms with Crippen molar-refractivity contribution in [1.29, 1.82) is 0 Å². The minimum absolute atomic E-state index is 0.126. The number of hydrogen-bond acceptors (Lipinski definition) is 7. The molecular formula is C8H9ClN6O. The Morgan fingerprint density at radius 1 is 1.50 bits per heavy atom. The Labute approximate surface area is 96.0 Å². The summed E-state index contributed by atoms with van der Waals surface area (Å²) in [5.74, 6) is 1.47. The molecule has 0 saturated carbocycles. The zero-order valence-electron chi connectivity index (χ0n) is 8.44. The van der Waals surface area contributed by atoms with Gasteiger partial charge in [0.2, 0.25) is 11.2 Å². The van der Waals surface area contributed by atoms with Gasteiger partial charge in [0.1, 0.15) is 0 Å². The molecule has 8 heteroatoms. The van der Waals surface area contributed by atoms with Gasteiger partial charge < -0.3 is 15.6 Å². The highest BCUT2D eigenvalue weighted by atomic mass is 35.5. The molecule has 2 heterocycles. The molecule has 0 aliphatic carbocycles. The van der Waals surface area contributed by atoms with Gasteiger partial charge in [-0.05, 0) is 11.6 Å². The first kappa shape index (κ1) is 10.6. The summed E-state index contributed by atoms with van der Waals surface area (Å²) in [6, 6.07) is 0. The van der Waals surface area contributed by atoms with E-state index in [1.54, 1.807) is 6.92 Å². The van der Waals surface area contributed by atoms with Gasteiger partial charge in [0, 0.05) is 6.92 Å². The van der Waals surface area contributed by atoms with E-state index in [0.717, 1.165) is 0 Å². The van der Waals surface area contributed by atoms with E-state index in [4.69, 9.17) is 21.9 Å². The number of nitrogens with two attached hydrogens (primary N) is 1. The van der Waals surface area contributed by atoms with Crippen molar-refractivity contribution in [3.63, 3.8) is 0 Å². The summed E-state index contributed by atoms with van der Waals surface area (Å²) in [4.78, 5) is 11.7. The lowest BCUT2D eigenvalue weighted by molar-refractivity contribution is 0.388. The van der Waals surface area contributed by atoms with Gasteiger partial charge in [-0.25, -0.2) is 4.98 Å². The summed E-state index contributed by atoms with van der Waals surface area (Å²) >= 11 is 5.64. The monoisotopic (exact) mass is 240 g/mol. The van der Waals surface area contributed by atoms with E-state index in [1.807, 2.05) is 0 Å². The Morgan fingerprint density at radius 3 is 3.00 bits per heavy atom. The third kappa shape index (κ3) is 2.37. The fourth-order valence-corrected chi connectivity index (χ4v) is 1.22. The molecule has 0 saturated heterocycles. The molecule has 0 bridgehead atoms. The largest absolute Gasteiger partial charge is 0.394 e. The quantitative estimate of drug-likeness (QED) is 0.772. The van der Waals surface area contributed by atoms with Crippen LogP contribution in [0.4, 0.5) is 11.5 Å². The third-order valence-electron chi connectivity index (χ3n) is 1.77. The van der Waals surface area contributed by atoms with Crippen molar-refractivity contribution in [2.45, 2.75) is 13.5 Å². The Kier molecular flexibility index (Phi) is 2.86.